The van der Waals surface area contributed by atoms with Gasteiger partial charge in [-0.2, -0.15) is 11.8 Å². The van der Waals surface area contributed by atoms with Gasteiger partial charge in [-0.15, -0.1) is 23.1 Å². The van der Waals surface area contributed by atoms with E-state index in [4.69, 9.17) is 4.98 Å². The lowest BCUT2D eigenvalue weighted by Gasteiger charge is -2.18. The topological polar surface area (TPSA) is 12.9 Å². The monoisotopic (exact) mass is 357 g/mol. The van der Waals surface area contributed by atoms with Crippen LogP contribution in [0.1, 0.15) is 10.3 Å². The molecule has 0 N–H and O–H groups in total. The molecule has 1 aromatic heterocycles. The smallest absolute Gasteiger partial charge is 0.107 e. The fourth-order valence-electron chi connectivity index (χ4n) is 1.85. The number of benzene rings is 1. The van der Waals surface area contributed by atoms with Crippen LogP contribution in [-0.2, 0) is 0 Å². The first-order chi connectivity index (χ1) is 8.83. The average molecular weight is 358 g/mol. The first-order valence-corrected chi connectivity index (χ1v) is 9.61. The van der Waals surface area contributed by atoms with Crippen LogP contribution in [0.5, 0.6) is 0 Å². The Labute approximate surface area is 128 Å². The van der Waals surface area contributed by atoms with E-state index < -0.39 is 0 Å². The molecule has 1 fully saturated rings. The summed E-state index contributed by atoms with van der Waals surface area (Å²) < 4.78 is 1.11. The van der Waals surface area contributed by atoms with E-state index >= 15 is 0 Å². The minimum atomic E-state index is 0.592. The second kappa shape index (κ2) is 5.99. The Morgan fingerprint density at radius 2 is 2.22 bits per heavy atom. The van der Waals surface area contributed by atoms with Crippen molar-refractivity contribution in [2.45, 2.75) is 5.25 Å². The van der Waals surface area contributed by atoms with Gasteiger partial charge in [-0.1, -0.05) is 28.1 Å². The van der Waals surface area contributed by atoms with Crippen LogP contribution in [0.25, 0.3) is 11.3 Å². The number of rotatable bonds is 2. The van der Waals surface area contributed by atoms with E-state index in [9.17, 15) is 0 Å². The van der Waals surface area contributed by atoms with Gasteiger partial charge in [0, 0.05) is 32.7 Å². The minimum Gasteiger partial charge on any atom is -0.240 e. The van der Waals surface area contributed by atoms with Crippen molar-refractivity contribution in [2.24, 2.45) is 0 Å². The van der Waals surface area contributed by atoms with Gasteiger partial charge >= 0.3 is 0 Å². The predicted molar refractivity (Wildman–Crippen MR) is 87.8 cm³/mol. The van der Waals surface area contributed by atoms with Gasteiger partial charge in [0.15, 0.2) is 0 Å². The molecule has 3 rings (SSSR count). The molecule has 0 spiro atoms. The highest BCUT2D eigenvalue weighted by molar-refractivity contribution is 9.10. The first kappa shape index (κ1) is 13.0. The SMILES string of the molecule is Brc1cccc(-c2csc(C3CSCCS3)n2)c1. The minimum absolute atomic E-state index is 0.592. The van der Waals surface area contributed by atoms with Crippen LogP contribution in [0.4, 0.5) is 0 Å². The van der Waals surface area contributed by atoms with E-state index in [-0.39, 0.29) is 0 Å². The Bertz CT molecular complexity index is 535. The lowest BCUT2D eigenvalue weighted by molar-refractivity contribution is 1.07. The highest BCUT2D eigenvalue weighted by Crippen LogP contribution is 2.39. The van der Waals surface area contributed by atoms with Gasteiger partial charge < -0.3 is 0 Å². The number of halogens is 1. The zero-order valence-electron chi connectivity index (χ0n) is 9.64. The van der Waals surface area contributed by atoms with E-state index in [0.29, 0.717) is 5.25 Å². The van der Waals surface area contributed by atoms with Crippen molar-refractivity contribution in [3.05, 3.63) is 39.1 Å². The molecule has 1 atom stereocenters. The Kier molecular flexibility index (Phi) is 4.34. The summed E-state index contributed by atoms with van der Waals surface area (Å²) in [6.45, 7) is 0. The summed E-state index contributed by atoms with van der Waals surface area (Å²) in [5, 5.41) is 4.05. The Morgan fingerprint density at radius 3 is 3.00 bits per heavy atom. The third-order valence-corrected chi connectivity index (χ3v) is 7.10. The predicted octanol–water partition coefficient (Wildman–Crippen LogP) is 5.09. The Hall–Kier alpha value is 0.0300. The quantitative estimate of drug-likeness (QED) is 0.742. The number of aromatic nitrogens is 1. The molecular weight excluding hydrogens is 346 g/mol. The largest absolute Gasteiger partial charge is 0.240 e. The molecule has 0 aliphatic carbocycles. The zero-order valence-corrected chi connectivity index (χ0v) is 13.7. The van der Waals surface area contributed by atoms with E-state index in [1.165, 1.54) is 27.8 Å². The maximum absolute atomic E-state index is 4.81. The molecule has 18 heavy (non-hydrogen) atoms. The molecule has 1 saturated heterocycles. The third kappa shape index (κ3) is 2.95. The fraction of sp³-hybridized carbons (Fsp3) is 0.308. The van der Waals surface area contributed by atoms with Gasteiger partial charge in [-0.25, -0.2) is 4.98 Å². The van der Waals surface area contributed by atoms with Crippen LogP contribution in [-0.4, -0.2) is 22.2 Å². The average Bonchev–Trinajstić information content (AvgIpc) is 2.89. The summed E-state index contributed by atoms with van der Waals surface area (Å²) in [4.78, 5) is 4.81. The lowest BCUT2D eigenvalue weighted by Crippen LogP contribution is -2.06. The molecule has 0 bridgehead atoms. The number of nitrogens with zero attached hydrogens (tertiary/aromatic N) is 1. The fourth-order valence-corrected chi connectivity index (χ4v) is 6.08. The van der Waals surface area contributed by atoms with Crippen molar-refractivity contribution < 1.29 is 0 Å². The second-order valence-corrected chi connectivity index (χ2v) is 8.28. The molecule has 2 aromatic rings. The third-order valence-electron chi connectivity index (χ3n) is 2.73. The van der Waals surface area contributed by atoms with Crippen molar-refractivity contribution in [2.75, 3.05) is 17.3 Å². The van der Waals surface area contributed by atoms with E-state index in [0.717, 1.165) is 10.2 Å². The highest BCUT2D eigenvalue weighted by atomic mass is 79.9. The molecule has 2 heterocycles. The van der Waals surface area contributed by atoms with E-state index in [1.54, 1.807) is 11.3 Å². The number of hydrogen-bond donors (Lipinski definition) is 0. The standard InChI is InChI=1S/C13H12BrNS3/c14-10-3-1-2-9(6-10)11-7-18-13(15-11)12-8-16-4-5-17-12/h1-3,6-7,12H,4-5,8H2. The molecule has 1 unspecified atom stereocenters. The molecule has 94 valence electrons. The normalized spacial score (nSPS) is 19.9. The van der Waals surface area contributed by atoms with Crippen LogP contribution in [0.3, 0.4) is 0 Å². The summed E-state index contributed by atoms with van der Waals surface area (Å²) in [5.41, 5.74) is 2.30. The molecule has 1 aromatic carbocycles. The molecular formula is C13H12BrNS3. The van der Waals surface area contributed by atoms with Crippen molar-refractivity contribution in [3.63, 3.8) is 0 Å². The van der Waals surface area contributed by atoms with Gasteiger partial charge in [0.1, 0.15) is 5.01 Å². The van der Waals surface area contributed by atoms with Gasteiger partial charge in [-0.05, 0) is 12.1 Å². The van der Waals surface area contributed by atoms with E-state index in [2.05, 4.69) is 39.5 Å². The van der Waals surface area contributed by atoms with Crippen molar-refractivity contribution in [1.82, 2.24) is 4.98 Å². The van der Waals surface area contributed by atoms with Crippen LogP contribution in [0.2, 0.25) is 0 Å². The van der Waals surface area contributed by atoms with Crippen molar-refractivity contribution in [1.29, 1.82) is 0 Å². The molecule has 1 nitrogen and oxygen atoms in total. The summed E-state index contributed by atoms with van der Waals surface area (Å²) in [5.74, 6) is 3.74. The zero-order chi connectivity index (χ0) is 12.4. The maximum Gasteiger partial charge on any atom is 0.107 e. The van der Waals surface area contributed by atoms with Crippen molar-refractivity contribution in [3.8, 4) is 11.3 Å². The van der Waals surface area contributed by atoms with Gasteiger partial charge in [0.25, 0.3) is 0 Å². The molecule has 0 radical (unpaired) electrons. The summed E-state index contributed by atoms with van der Waals surface area (Å²) in [7, 11) is 0. The van der Waals surface area contributed by atoms with Crippen LogP contribution in [0.15, 0.2) is 34.1 Å². The first-order valence-electron chi connectivity index (χ1n) is 5.73. The highest BCUT2D eigenvalue weighted by Gasteiger charge is 2.19. The van der Waals surface area contributed by atoms with Gasteiger partial charge in [0.2, 0.25) is 0 Å². The molecule has 5 heteroatoms. The Balaban J connectivity index is 1.84. The van der Waals surface area contributed by atoms with E-state index in [1.807, 2.05) is 29.6 Å². The summed E-state index contributed by atoms with van der Waals surface area (Å²) >= 11 is 9.40. The van der Waals surface area contributed by atoms with Crippen molar-refractivity contribution >= 4 is 50.8 Å². The summed E-state index contributed by atoms with van der Waals surface area (Å²) in [6, 6.07) is 8.35. The second-order valence-electron chi connectivity index (χ2n) is 4.02. The number of thiazole rings is 1. The number of hydrogen-bond acceptors (Lipinski definition) is 4. The Morgan fingerprint density at radius 1 is 1.28 bits per heavy atom. The summed E-state index contributed by atoms with van der Waals surface area (Å²) in [6.07, 6.45) is 0. The molecule has 0 saturated carbocycles. The van der Waals surface area contributed by atoms with Crippen LogP contribution < -0.4 is 0 Å². The van der Waals surface area contributed by atoms with Gasteiger partial charge in [0.05, 0.1) is 10.9 Å². The molecule has 1 aliphatic heterocycles. The molecule has 1 aliphatic rings. The van der Waals surface area contributed by atoms with Crippen LogP contribution in [0, 0.1) is 0 Å². The van der Waals surface area contributed by atoms with Gasteiger partial charge in [-0.3, -0.25) is 0 Å². The maximum atomic E-state index is 4.81. The molecule has 0 amide bonds. The lowest BCUT2D eigenvalue weighted by atomic mass is 10.2. The van der Waals surface area contributed by atoms with Crippen LogP contribution >= 0.6 is 50.8 Å². The number of thioether (sulfide) groups is 2.